The Morgan fingerprint density at radius 2 is 1.57 bits per heavy atom. The normalized spacial score (nSPS) is 10.7. The van der Waals surface area contributed by atoms with Crippen molar-refractivity contribution in [1.82, 2.24) is 16.2 Å². The second kappa shape index (κ2) is 9.32. The molecule has 0 spiro atoms. The van der Waals surface area contributed by atoms with Crippen LogP contribution in [0.15, 0.2) is 48.5 Å². The number of hydrazine groups is 1. The summed E-state index contributed by atoms with van der Waals surface area (Å²) < 4.78 is 5.46. The molecule has 0 heterocycles. The Morgan fingerprint density at radius 3 is 2.14 bits per heavy atom. The van der Waals surface area contributed by atoms with Gasteiger partial charge >= 0.3 is 0 Å². The second-order valence-corrected chi connectivity index (χ2v) is 7.79. The fraction of sp³-hybridized carbons (Fsp3) is 0.286. The SMILES string of the molecule is Cc1ccc(C(=O)NNC(=S)NC(=O)COc2ccc(C(C)(C)C)cc2)cc1. The average molecular weight is 400 g/mol. The van der Waals surface area contributed by atoms with Crippen LogP contribution < -0.4 is 20.9 Å². The van der Waals surface area contributed by atoms with Crippen molar-refractivity contribution in [1.29, 1.82) is 0 Å². The zero-order valence-corrected chi connectivity index (χ0v) is 17.3. The summed E-state index contributed by atoms with van der Waals surface area (Å²) in [6.07, 6.45) is 0. The van der Waals surface area contributed by atoms with E-state index in [1.165, 1.54) is 5.56 Å². The van der Waals surface area contributed by atoms with Gasteiger partial charge in [0.2, 0.25) is 0 Å². The molecule has 2 amide bonds. The summed E-state index contributed by atoms with van der Waals surface area (Å²) in [6, 6.07) is 14.7. The van der Waals surface area contributed by atoms with Crippen molar-refractivity contribution in [2.24, 2.45) is 0 Å². The average Bonchev–Trinajstić information content (AvgIpc) is 2.64. The first-order chi connectivity index (χ1) is 13.1. The summed E-state index contributed by atoms with van der Waals surface area (Å²) in [4.78, 5) is 23.9. The molecule has 3 N–H and O–H groups in total. The van der Waals surface area contributed by atoms with E-state index in [0.29, 0.717) is 11.3 Å². The number of carbonyl (C=O) groups excluding carboxylic acids is 2. The lowest BCUT2D eigenvalue weighted by Crippen LogP contribution is -2.49. The predicted molar refractivity (Wildman–Crippen MR) is 113 cm³/mol. The lowest BCUT2D eigenvalue weighted by atomic mass is 9.87. The molecule has 0 aromatic heterocycles. The van der Waals surface area contributed by atoms with Gasteiger partial charge in [0.1, 0.15) is 5.75 Å². The minimum Gasteiger partial charge on any atom is -0.484 e. The van der Waals surface area contributed by atoms with Crippen LogP contribution in [0.3, 0.4) is 0 Å². The van der Waals surface area contributed by atoms with Crippen LogP contribution >= 0.6 is 12.2 Å². The van der Waals surface area contributed by atoms with E-state index in [9.17, 15) is 9.59 Å². The van der Waals surface area contributed by atoms with Gasteiger partial charge in [-0.1, -0.05) is 50.6 Å². The van der Waals surface area contributed by atoms with Crippen molar-refractivity contribution in [3.05, 3.63) is 65.2 Å². The van der Waals surface area contributed by atoms with Gasteiger partial charge in [0, 0.05) is 5.56 Å². The van der Waals surface area contributed by atoms with Gasteiger partial charge in [-0.25, -0.2) is 0 Å². The first kappa shape index (κ1) is 21.4. The van der Waals surface area contributed by atoms with E-state index in [2.05, 4.69) is 36.9 Å². The zero-order valence-electron chi connectivity index (χ0n) is 16.5. The van der Waals surface area contributed by atoms with Gasteiger partial charge < -0.3 is 4.74 Å². The molecule has 0 fully saturated rings. The third-order valence-corrected chi connectivity index (χ3v) is 4.15. The largest absolute Gasteiger partial charge is 0.484 e. The van der Waals surface area contributed by atoms with Crippen LogP contribution in [0, 0.1) is 6.92 Å². The molecule has 7 heteroatoms. The number of rotatable bonds is 4. The highest BCUT2D eigenvalue weighted by atomic mass is 32.1. The molecule has 2 aromatic rings. The number of ether oxygens (including phenoxy) is 1. The van der Waals surface area contributed by atoms with Gasteiger partial charge in [0.25, 0.3) is 11.8 Å². The maximum absolute atomic E-state index is 12.0. The number of hydrogen-bond acceptors (Lipinski definition) is 4. The second-order valence-electron chi connectivity index (χ2n) is 7.39. The quantitative estimate of drug-likeness (QED) is 0.544. The first-order valence-electron chi connectivity index (χ1n) is 8.85. The number of benzene rings is 2. The lowest BCUT2D eigenvalue weighted by Gasteiger charge is -2.19. The number of carbonyl (C=O) groups is 2. The lowest BCUT2D eigenvalue weighted by molar-refractivity contribution is -0.121. The van der Waals surface area contributed by atoms with Crippen molar-refractivity contribution in [2.75, 3.05) is 6.61 Å². The van der Waals surface area contributed by atoms with Crippen LogP contribution in [0.1, 0.15) is 42.3 Å². The summed E-state index contributed by atoms with van der Waals surface area (Å²) in [6.45, 7) is 8.12. The van der Waals surface area contributed by atoms with E-state index in [0.717, 1.165) is 5.56 Å². The number of nitrogens with one attached hydrogen (secondary N) is 3. The highest BCUT2D eigenvalue weighted by molar-refractivity contribution is 7.80. The molecule has 0 aliphatic heterocycles. The molecule has 2 rings (SSSR count). The van der Waals surface area contributed by atoms with Crippen molar-refractivity contribution in [3.8, 4) is 5.75 Å². The smallest absolute Gasteiger partial charge is 0.269 e. The van der Waals surface area contributed by atoms with Gasteiger partial charge in [-0.2, -0.15) is 0 Å². The molecule has 148 valence electrons. The van der Waals surface area contributed by atoms with Gasteiger partial charge in [0.15, 0.2) is 11.7 Å². The predicted octanol–water partition coefficient (Wildman–Crippen LogP) is 3.01. The Labute approximate surface area is 170 Å². The fourth-order valence-electron chi connectivity index (χ4n) is 2.28. The van der Waals surface area contributed by atoms with Crippen LogP contribution in [-0.2, 0) is 10.2 Å². The third-order valence-electron chi connectivity index (χ3n) is 3.95. The highest BCUT2D eigenvalue weighted by Crippen LogP contribution is 2.24. The maximum atomic E-state index is 12.0. The van der Waals surface area contributed by atoms with E-state index in [4.69, 9.17) is 17.0 Å². The Balaban J connectivity index is 1.74. The summed E-state index contributed by atoms with van der Waals surface area (Å²) in [5.41, 5.74) is 7.69. The number of thiocarbonyl (C=S) groups is 1. The third kappa shape index (κ3) is 6.66. The summed E-state index contributed by atoms with van der Waals surface area (Å²) in [5.74, 6) is -0.191. The molecule has 0 aliphatic rings. The summed E-state index contributed by atoms with van der Waals surface area (Å²) in [7, 11) is 0. The minimum absolute atomic E-state index is 0.0165. The molecule has 0 atom stereocenters. The van der Waals surface area contributed by atoms with Crippen LogP contribution in [0.2, 0.25) is 0 Å². The molecular formula is C21H25N3O3S. The monoisotopic (exact) mass is 399 g/mol. The fourth-order valence-corrected chi connectivity index (χ4v) is 2.45. The minimum atomic E-state index is -0.429. The highest BCUT2D eigenvalue weighted by Gasteiger charge is 2.13. The van der Waals surface area contributed by atoms with Gasteiger partial charge in [-0.3, -0.25) is 25.8 Å². The molecular weight excluding hydrogens is 374 g/mol. The van der Waals surface area contributed by atoms with Crippen LogP contribution in [0.5, 0.6) is 5.75 Å². The first-order valence-corrected chi connectivity index (χ1v) is 9.26. The summed E-state index contributed by atoms with van der Waals surface area (Å²) in [5, 5.41) is 2.43. The Kier molecular flexibility index (Phi) is 7.12. The summed E-state index contributed by atoms with van der Waals surface area (Å²) >= 11 is 4.99. The molecule has 0 saturated heterocycles. The maximum Gasteiger partial charge on any atom is 0.269 e. The molecule has 0 unspecified atom stereocenters. The van der Waals surface area contributed by atoms with Crippen LogP contribution in [0.4, 0.5) is 0 Å². The molecule has 28 heavy (non-hydrogen) atoms. The standard InChI is InChI=1S/C21H25N3O3S/c1-14-5-7-15(8-6-14)19(26)23-24-20(28)22-18(25)13-27-17-11-9-16(10-12-17)21(2,3)4/h5-12H,13H2,1-4H3,(H,23,26)(H2,22,24,25,28). The van der Waals surface area contributed by atoms with E-state index >= 15 is 0 Å². The Morgan fingerprint density at radius 1 is 0.964 bits per heavy atom. The van der Waals surface area contributed by atoms with Gasteiger partial charge in [0.05, 0.1) is 0 Å². The molecule has 0 radical (unpaired) electrons. The van der Waals surface area contributed by atoms with Crippen molar-refractivity contribution >= 4 is 29.1 Å². The molecule has 0 bridgehead atoms. The van der Waals surface area contributed by atoms with E-state index in [1.54, 1.807) is 12.1 Å². The molecule has 2 aromatic carbocycles. The van der Waals surface area contributed by atoms with Crippen LogP contribution in [-0.4, -0.2) is 23.5 Å². The van der Waals surface area contributed by atoms with Crippen molar-refractivity contribution < 1.29 is 14.3 Å². The topological polar surface area (TPSA) is 79.5 Å². The number of aryl methyl sites for hydroxylation is 1. The molecule has 6 nitrogen and oxygen atoms in total. The number of hydrogen-bond donors (Lipinski definition) is 3. The zero-order chi connectivity index (χ0) is 20.7. The van der Waals surface area contributed by atoms with Gasteiger partial charge in [-0.05, 0) is 54.4 Å². The van der Waals surface area contributed by atoms with Crippen molar-refractivity contribution in [3.63, 3.8) is 0 Å². The molecule has 0 aliphatic carbocycles. The van der Waals surface area contributed by atoms with Gasteiger partial charge in [-0.15, -0.1) is 0 Å². The molecule has 0 saturated carbocycles. The van der Waals surface area contributed by atoms with E-state index in [-0.39, 0.29) is 23.0 Å². The number of amides is 2. The van der Waals surface area contributed by atoms with Crippen LogP contribution in [0.25, 0.3) is 0 Å². The van der Waals surface area contributed by atoms with E-state index in [1.807, 2.05) is 43.3 Å². The Bertz CT molecular complexity index is 841. The van der Waals surface area contributed by atoms with Crippen molar-refractivity contribution in [2.45, 2.75) is 33.1 Å². The Hall–Kier alpha value is -2.93. The van der Waals surface area contributed by atoms with E-state index < -0.39 is 5.91 Å².